The monoisotopic (exact) mass is 397 g/mol. The lowest BCUT2D eigenvalue weighted by Gasteiger charge is -2.12. The molecule has 0 saturated carbocycles. The number of halogens is 2. The van der Waals surface area contributed by atoms with E-state index >= 15 is 0 Å². The molecule has 0 bridgehead atoms. The fraction of sp³-hybridized carbons (Fsp3) is 0.222. The molecule has 25 heavy (non-hydrogen) atoms. The Balaban J connectivity index is 1.88. The quantitative estimate of drug-likeness (QED) is 0.677. The number of nitrogens with one attached hydrogen (secondary N) is 1. The Morgan fingerprint density at radius 1 is 1.12 bits per heavy atom. The highest BCUT2D eigenvalue weighted by atomic mass is 35.5. The molecule has 0 aromatic heterocycles. The van der Waals surface area contributed by atoms with Crippen molar-refractivity contribution in [3.8, 4) is 5.75 Å². The molecule has 0 heterocycles. The number of carbonyl (C=O) groups excluding carboxylic acids is 2. The molecule has 0 aliphatic rings. The third kappa shape index (κ3) is 5.66. The molecule has 2 rings (SSSR count). The van der Waals surface area contributed by atoms with E-state index in [2.05, 4.69) is 5.32 Å². The maximum absolute atomic E-state index is 12.1. The molecule has 132 valence electrons. The van der Waals surface area contributed by atoms with Crippen LogP contribution in [0.1, 0.15) is 15.9 Å². The third-order valence-electron chi connectivity index (χ3n) is 3.39. The first kappa shape index (κ1) is 19.6. The first-order valence-corrected chi connectivity index (χ1v) is 9.32. The van der Waals surface area contributed by atoms with Crippen LogP contribution in [0.4, 0.5) is 5.69 Å². The van der Waals surface area contributed by atoms with Crippen LogP contribution in [-0.2, 0) is 4.79 Å². The van der Waals surface area contributed by atoms with Crippen molar-refractivity contribution in [1.82, 2.24) is 0 Å². The Bertz CT molecular complexity index is 779. The summed E-state index contributed by atoms with van der Waals surface area (Å²) in [6.45, 7) is 1.84. The minimum Gasteiger partial charge on any atom is -0.495 e. The van der Waals surface area contributed by atoms with Gasteiger partial charge in [-0.25, -0.2) is 0 Å². The summed E-state index contributed by atoms with van der Waals surface area (Å²) in [7, 11) is 1.51. The number of Topliss-reactive ketones (excluding diaryl/α,β-unsaturated/α-hetero) is 1. The fourth-order valence-electron chi connectivity index (χ4n) is 2.07. The summed E-state index contributed by atoms with van der Waals surface area (Å²) in [6, 6.07) is 10.1. The molecule has 1 amide bonds. The lowest BCUT2D eigenvalue weighted by Crippen LogP contribution is -2.16. The van der Waals surface area contributed by atoms with Gasteiger partial charge < -0.3 is 10.1 Å². The SMILES string of the molecule is COc1cc(Cl)c(C)cc1NC(=O)CSCC(=O)c1ccc(Cl)cc1. The Hall–Kier alpha value is -1.69. The molecule has 0 saturated heterocycles. The van der Waals surface area contributed by atoms with Gasteiger partial charge in [-0.15, -0.1) is 11.8 Å². The minimum atomic E-state index is -0.214. The van der Waals surface area contributed by atoms with E-state index in [1.54, 1.807) is 36.4 Å². The van der Waals surface area contributed by atoms with Crippen molar-refractivity contribution in [2.24, 2.45) is 0 Å². The van der Waals surface area contributed by atoms with Crippen LogP contribution in [0.2, 0.25) is 10.0 Å². The van der Waals surface area contributed by atoms with Gasteiger partial charge in [0, 0.05) is 21.7 Å². The first-order valence-electron chi connectivity index (χ1n) is 7.41. The standard InChI is InChI=1S/C18H17Cl2NO3S/c1-11-7-15(17(24-2)8-14(11)20)21-18(23)10-25-9-16(22)12-3-5-13(19)6-4-12/h3-8H,9-10H2,1-2H3,(H,21,23). The molecule has 1 N–H and O–H groups in total. The van der Waals surface area contributed by atoms with E-state index in [0.717, 1.165) is 5.56 Å². The lowest BCUT2D eigenvalue weighted by atomic mass is 10.1. The predicted octanol–water partition coefficient (Wildman–Crippen LogP) is 4.87. The highest BCUT2D eigenvalue weighted by Gasteiger charge is 2.12. The van der Waals surface area contributed by atoms with Gasteiger partial charge in [0.1, 0.15) is 5.75 Å². The molecule has 0 fully saturated rings. The minimum absolute atomic E-state index is 0.0469. The van der Waals surface area contributed by atoms with E-state index in [9.17, 15) is 9.59 Å². The Labute approximate surface area is 160 Å². The summed E-state index contributed by atoms with van der Waals surface area (Å²) < 4.78 is 5.22. The zero-order chi connectivity index (χ0) is 18.4. The normalized spacial score (nSPS) is 10.4. The molecule has 4 nitrogen and oxygen atoms in total. The van der Waals surface area contributed by atoms with Gasteiger partial charge in [0.25, 0.3) is 0 Å². The van der Waals surface area contributed by atoms with Crippen LogP contribution in [0.5, 0.6) is 5.75 Å². The van der Waals surface area contributed by atoms with Crippen molar-refractivity contribution < 1.29 is 14.3 Å². The number of carbonyl (C=O) groups is 2. The summed E-state index contributed by atoms with van der Waals surface area (Å²) in [5, 5.41) is 3.93. The Morgan fingerprint density at radius 3 is 2.44 bits per heavy atom. The molecule has 0 aliphatic heterocycles. The van der Waals surface area contributed by atoms with Crippen molar-refractivity contribution in [3.05, 3.63) is 57.6 Å². The van der Waals surface area contributed by atoms with Crippen LogP contribution in [0.15, 0.2) is 36.4 Å². The molecule has 2 aromatic carbocycles. The van der Waals surface area contributed by atoms with E-state index < -0.39 is 0 Å². The van der Waals surface area contributed by atoms with Crippen LogP contribution in [0.3, 0.4) is 0 Å². The number of amides is 1. The van der Waals surface area contributed by atoms with Crippen LogP contribution in [0.25, 0.3) is 0 Å². The molecule has 0 spiro atoms. The van der Waals surface area contributed by atoms with Gasteiger partial charge in [0.05, 0.1) is 24.3 Å². The largest absolute Gasteiger partial charge is 0.495 e. The van der Waals surface area contributed by atoms with Gasteiger partial charge in [-0.1, -0.05) is 23.2 Å². The van der Waals surface area contributed by atoms with E-state index in [1.165, 1.54) is 18.9 Å². The van der Waals surface area contributed by atoms with E-state index in [0.29, 0.717) is 27.0 Å². The summed E-state index contributed by atoms with van der Waals surface area (Å²) in [6.07, 6.45) is 0. The number of ether oxygens (including phenoxy) is 1. The summed E-state index contributed by atoms with van der Waals surface area (Å²) >= 11 is 13.1. The fourth-order valence-corrected chi connectivity index (χ4v) is 3.06. The average Bonchev–Trinajstić information content (AvgIpc) is 2.58. The summed E-state index contributed by atoms with van der Waals surface area (Å²) in [4.78, 5) is 24.1. The molecule has 0 atom stereocenters. The van der Waals surface area contributed by atoms with Crippen LogP contribution in [0, 0.1) is 6.92 Å². The molecule has 0 unspecified atom stereocenters. The number of hydrogen-bond acceptors (Lipinski definition) is 4. The van der Waals surface area contributed by atoms with Gasteiger partial charge >= 0.3 is 0 Å². The van der Waals surface area contributed by atoms with Crippen LogP contribution in [-0.4, -0.2) is 30.3 Å². The van der Waals surface area contributed by atoms with Crippen molar-refractivity contribution in [2.45, 2.75) is 6.92 Å². The molecule has 0 radical (unpaired) electrons. The number of rotatable bonds is 7. The van der Waals surface area contributed by atoms with Gasteiger partial charge in [0.15, 0.2) is 5.78 Å². The smallest absolute Gasteiger partial charge is 0.234 e. The number of aryl methyl sites for hydroxylation is 1. The number of anilines is 1. The zero-order valence-electron chi connectivity index (χ0n) is 13.8. The molecule has 7 heteroatoms. The Kier molecular flexibility index (Phi) is 7.17. The first-order chi connectivity index (χ1) is 11.9. The number of thioether (sulfide) groups is 1. The molecular formula is C18H17Cl2NO3S. The maximum Gasteiger partial charge on any atom is 0.234 e. The second-order valence-corrected chi connectivity index (χ2v) is 7.10. The maximum atomic E-state index is 12.1. The molecular weight excluding hydrogens is 381 g/mol. The highest BCUT2D eigenvalue weighted by Crippen LogP contribution is 2.31. The zero-order valence-corrected chi connectivity index (χ0v) is 16.1. The van der Waals surface area contributed by atoms with Gasteiger partial charge in [0.2, 0.25) is 5.91 Å². The molecule has 2 aromatic rings. The summed E-state index contributed by atoms with van der Waals surface area (Å²) in [5.74, 6) is 0.602. The average molecular weight is 398 g/mol. The van der Waals surface area contributed by atoms with Crippen molar-refractivity contribution >= 4 is 52.3 Å². The van der Waals surface area contributed by atoms with Crippen molar-refractivity contribution in [2.75, 3.05) is 23.9 Å². The number of ketones is 1. The number of hydrogen-bond donors (Lipinski definition) is 1. The second kappa shape index (κ2) is 9.13. The van der Waals surface area contributed by atoms with Gasteiger partial charge in [-0.05, 0) is 42.8 Å². The summed E-state index contributed by atoms with van der Waals surface area (Å²) in [5.41, 5.74) is 1.97. The van der Waals surface area contributed by atoms with Crippen molar-refractivity contribution in [1.29, 1.82) is 0 Å². The Morgan fingerprint density at radius 2 is 1.80 bits per heavy atom. The topological polar surface area (TPSA) is 55.4 Å². The van der Waals surface area contributed by atoms with Gasteiger partial charge in [-0.2, -0.15) is 0 Å². The van der Waals surface area contributed by atoms with Crippen LogP contribution >= 0.6 is 35.0 Å². The van der Waals surface area contributed by atoms with E-state index in [-0.39, 0.29) is 23.2 Å². The lowest BCUT2D eigenvalue weighted by molar-refractivity contribution is -0.113. The molecule has 0 aliphatic carbocycles. The highest BCUT2D eigenvalue weighted by molar-refractivity contribution is 8.00. The van der Waals surface area contributed by atoms with Gasteiger partial charge in [-0.3, -0.25) is 9.59 Å². The van der Waals surface area contributed by atoms with Crippen LogP contribution < -0.4 is 10.1 Å². The predicted molar refractivity (Wildman–Crippen MR) is 104 cm³/mol. The third-order valence-corrected chi connectivity index (χ3v) is 4.98. The number of benzene rings is 2. The number of methoxy groups -OCH3 is 1. The van der Waals surface area contributed by atoms with E-state index in [1.807, 2.05) is 6.92 Å². The van der Waals surface area contributed by atoms with Crippen molar-refractivity contribution in [3.63, 3.8) is 0 Å². The second-order valence-electron chi connectivity index (χ2n) is 5.27. The van der Waals surface area contributed by atoms with E-state index in [4.69, 9.17) is 27.9 Å².